The molecule has 2 aromatic heterocycles. The molecule has 3 heterocycles. The molecule has 128 valence electrons. The average Bonchev–Trinajstić information content (AvgIpc) is 2.98. The molecule has 2 aromatic rings. The van der Waals surface area contributed by atoms with Crippen LogP contribution in [0.25, 0.3) is 0 Å². The van der Waals surface area contributed by atoms with E-state index in [1.54, 1.807) is 17.1 Å². The molecule has 1 aliphatic rings. The van der Waals surface area contributed by atoms with Crippen LogP contribution in [0.5, 0.6) is 0 Å². The molecule has 2 amide bonds. The van der Waals surface area contributed by atoms with E-state index in [2.05, 4.69) is 34.6 Å². The molecule has 0 aliphatic carbocycles. The number of carbonyl (C=O) groups is 1. The second-order valence-corrected chi connectivity index (χ2v) is 6.40. The highest BCUT2D eigenvalue weighted by Crippen LogP contribution is 2.22. The van der Waals surface area contributed by atoms with Crippen LogP contribution in [0.4, 0.5) is 10.5 Å². The van der Waals surface area contributed by atoms with Gasteiger partial charge in [0.15, 0.2) is 0 Å². The van der Waals surface area contributed by atoms with Gasteiger partial charge in [0.1, 0.15) is 0 Å². The van der Waals surface area contributed by atoms with E-state index in [0.717, 1.165) is 23.2 Å². The number of amides is 2. The number of urea groups is 1. The number of aromatic nitrogens is 3. The monoisotopic (exact) mass is 329 g/mol. The van der Waals surface area contributed by atoms with Gasteiger partial charge in [-0.1, -0.05) is 13.8 Å². The van der Waals surface area contributed by atoms with Crippen LogP contribution >= 0.6 is 0 Å². The number of fused-ring (bicyclic) bond motifs is 1. The Hall–Kier alpha value is -2.41. The summed E-state index contributed by atoms with van der Waals surface area (Å²) in [6.07, 6.45) is 6.21. The van der Waals surface area contributed by atoms with Gasteiger partial charge in [-0.05, 0) is 12.0 Å². The molecule has 7 nitrogen and oxygen atoms in total. The van der Waals surface area contributed by atoms with Gasteiger partial charge in [-0.25, -0.2) is 4.79 Å². The molecule has 3 rings (SSSR count). The number of pyridine rings is 1. The van der Waals surface area contributed by atoms with Crippen LogP contribution in [0, 0.1) is 5.92 Å². The van der Waals surface area contributed by atoms with Crippen LogP contribution in [0.15, 0.2) is 24.7 Å². The standard InChI is InChI=1S/C17H23N5O2/c1-11(2)16(13-7-19-22(3)9-13)21-17(23)20-14-6-12-10-24-5-4-15(12)18-8-14/h6-9,11,16H,4-5,10H2,1-3H3,(H2,20,21,23). The molecule has 7 heteroatoms. The van der Waals surface area contributed by atoms with Gasteiger partial charge in [-0.15, -0.1) is 0 Å². The summed E-state index contributed by atoms with van der Waals surface area (Å²) >= 11 is 0. The lowest BCUT2D eigenvalue weighted by Gasteiger charge is -2.22. The topological polar surface area (TPSA) is 81.1 Å². The predicted octanol–water partition coefficient (Wildman–Crippen LogP) is 2.41. The summed E-state index contributed by atoms with van der Waals surface area (Å²) < 4.78 is 7.17. The summed E-state index contributed by atoms with van der Waals surface area (Å²) in [5, 5.41) is 10.1. The van der Waals surface area contributed by atoms with E-state index in [0.29, 0.717) is 18.9 Å². The first-order valence-electron chi connectivity index (χ1n) is 8.14. The van der Waals surface area contributed by atoms with Gasteiger partial charge in [0, 0.05) is 36.5 Å². The maximum atomic E-state index is 12.4. The van der Waals surface area contributed by atoms with Gasteiger partial charge in [-0.3, -0.25) is 9.67 Å². The number of ether oxygens (including phenoxy) is 1. The van der Waals surface area contributed by atoms with Crippen molar-refractivity contribution in [3.05, 3.63) is 41.5 Å². The van der Waals surface area contributed by atoms with Crippen molar-refractivity contribution in [3.63, 3.8) is 0 Å². The van der Waals surface area contributed by atoms with E-state index in [-0.39, 0.29) is 18.0 Å². The van der Waals surface area contributed by atoms with Crippen molar-refractivity contribution >= 4 is 11.7 Å². The number of rotatable bonds is 4. The van der Waals surface area contributed by atoms with Crippen LogP contribution in [0.3, 0.4) is 0 Å². The van der Waals surface area contributed by atoms with Crippen LogP contribution in [0.2, 0.25) is 0 Å². The Bertz CT molecular complexity index is 726. The minimum absolute atomic E-state index is 0.104. The lowest BCUT2D eigenvalue weighted by atomic mass is 9.99. The molecule has 0 aromatic carbocycles. The second kappa shape index (κ2) is 7.00. The van der Waals surface area contributed by atoms with E-state index >= 15 is 0 Å². The molecule has 1 atom stereocenters. The second-order valence-electron chi connectivity index (χ2n) is 6.40. The van der Waals surface area contributed by atoms with Crippen molar-refractivity contribution in [3.8, 4) is 0 Å². The minimum Gasteiger partial charge on any atom is -0.376 e. The van der Waals surface area contributed by atoms with Crippen molar-refractivity contribution in [2.45, 2.75) is 32.9 Å². The van der Waals surface area contributed by atoms with Crippen molar-refractivity contribution in [1.29, 1.82) is 0 Å². The van der Waals surface area contributed by atoms with Gasteiger partial charge in [0.05, 0.1) is 37.3 Å². The highest BCUT2D eigenvalue weighted by atomic mass is 16.5. The first-order valence-corrected chi connectivity index (χ1v) is 8.14. The predicted molar refractivity (Wildman–Crippen MR) is 90.5 cm³/mol. The Morgan fingerprint density at radius 2 is 2.21 bits per heavy atom. The molecule has 0 fully saturated rings. The molecule has 0 radical (unpaired) electrons. The van der Waals surface area contributed by atoms with Crippen LogP contribution in [0.1, 0.15) is 36.7 Å². The number of hydrogen-bond donors (Lipinski definition) is 2. The Morgan fingerprint density at radius 1 is 1.38 bits per heavy atom. The van der Waals surface area contributed by atoms with Gasteiger partial charge < -0.3 is 15.4 Å². The minimum atomic E-state index is -0.254. The zero-order chi connectivity index (χ0) is 17.1. The first kappa shape index (κ1) is 16.4. The lowest BCUT2D eigenvalue weighted by Crippen LogP contribution is -2.35. The van der Waals surface area contributed by atoms with E-state index in [1.165, 1.54) is 0 Å². The number of hydrogen-bond acceptors (Lipinski definition) is 4. The normalized spacial score (nSPS) is 15.0. The molecule has 2 N–H and O–H groups in total. The summed E-state index contributed by atoms with van der Waals surface area (Å²) in [4.78, 5) is 16.8. The SMILES string of the molecule is CC(C)C(NC(=O)Nc1cnc2c(c1)COCC2)c1cnn(C)c1. The smallest absolute Gasteiger partial charge is 0.319 e. The number of nitrogens with zero attached hydrogens (tertiary/aromatic N) is 3. The Balaban J connectivity index is 1.67. The van der Waals surface area contributed by atoms with E-state index < -0.39 is 0 Å². The quantitative estimate of drug-likeness (QED) is 0.902. The summed E-state index contributed by atoms with van der Waals surface area (Å²) in [5.41, 5.74) is 3.74. The Labute approximate surface area is 141 Å². The maximum Gasteiger partial charge on any atom is 0.319 e. The Kier molecular flexibility index (Phi) is 4.80. The van der Waals surface area contributed by atoms with Gasteiger partial charge in [0.2, 0.25) is 0 Å². The molecule has 0 saturated heterocycles. The largest absolute Gasteiger partial charge is 0.376 e. The zero-order valence-corrected chi connectivity index (χ0v) is 14.2. The number of nitrogens with one attached hydrogen (secondary N) is 2. The third-order valence-electron chi connectivity index (χ3n) is 4.10. The van der Waals surface area contributed by atoms with Crippen molar-refractivity contribution in [2.75, 3.05) is 11.9 Å². The first-order chi connectivity index (χ1) is 11.5. The third kappa shape index (κ3) is 3.73. The van der Waals surface area contributed by atoms with Crippen LogP contribution in [-0.4, -0.2) is 27.4 Å². The van der Waals surface area contributed by atoms with Crippen molar-refractivity contribution in [2.24, 2.45) is 13.0 Å². The Morgan fingerprint density at radius 3 is 2.92 bits per heavy atom. The van der Waals surface area contributed by atoms with E-state index in [1.807, 2.05) is 19.3 Å². The van der Waals surface area contributed by atoms with Gasteiger partial charge >= 0.3 is 6.03 Å². The molecular formula is C17H23N5O2. The number of carbonyl (C=O) groups excluding carboxylic acids is 1. The van der Waals surface area contributed by atoms with Gasteiger partial charge in [0.25, 0.3) is 0 Å². The molecule has 0 saturated carbocycles. The lowest BCUT2D eigenvalue weighted by molar-refractivity contribution is 0.109. The van der Waals surface area contributed by atoms with Crippen LogP contribution < -0.4 is 10.6 Å². The molecular weight excluding hydrogens is 306 g/mol. The molecule has 24 heavy (non-hydrogen) atoms. The molecule has 1 aliphatic heterocycles. The van der Waals surface area contributed by atoms with Crippen LogP contribution in [-0.2, 0) is 24.8 Å². The number of aryl methyl sites for hydroxylation is 1. The highest BCUT2D eigenvalue weighted by molar-refractivity contribution is 5.89. The molecule has 1 unspecified atom stereocenters. The third-order valence-corrected chi connectivity index (χ3v) is 4.10. The van der Waals surface area contributed by atoms with E-state index in [4.69, 9.17) is 4.74 Å². The van der Waals surface area contributed by atoms with Crippen molar-refractivity contribution in [1.82, 2.24) is 20.1 Å². The fourth-order valence-corrected chi connectivity index (χ4v) is 2.85. The summed E-state index contributed by atoms with van der Waals surface area (Å²) in [7, 11) is 1.86. The van der Waals surface area contributed by atoms with E-state index in [9.17, 15) is 4.79 Å². The summed E-state index contributed by atoms with van der Waals surface area (Å²) in [6.45, 7) is 5.38. The average molecular weight is 329 g/mol. The fourth-order valence-electron chi connectivity index (χ4n) is 2.85. The van der Waals surface area contributed by atoms with Gasteiger partial charge in [-0.2, -0.15) is 5.10 Å². The molecule has 0 bridgehead atoms. The molecule has 0 spiro atoms. The summed E-state index contributed by atoms with van der Waals surface area (Å²) in [6, 6.07) is 1.57. The highest BCUT2D eigenvalue weighted by Gasteiger charge is 2.20. The van der Waals surface area contributed by atoms with Crippen molar-refractivity contribution < 1.29 is 9.53 Å². The zero-order valence-electron chi connectivity index (χ0n) is 14.2. The summed E-state index contributed by atoms with van der Waals surface area (Å²) in [5.74, 6) is 0.245. The maximum absolute atomic E-state index is 12.4. The number of anilines is 1. The fraction of sp³-hybridized carbons (Fsp3) is 0.471.